The minimum Gasteiger partial charge on any atom is -0.435 e. The summed E-state index contributed by atoms with van der Waals surface area (Å²) in [5.41, 5.74) is 0.986. The molecule has 1 aromatic heterocycles. The van der Waals surface area contributed by atoms with Crippen molar-refractivity contribution in [2.45, 2.75) is 22.4 Å². The molecule has 7 nitrogen and oxygen atoms in total. The Morgan fingerprint density at radius 3 is 2.35 bits per heavy atom. The number of halogens is 4. The van der Waals surface area contributed by atoms with Crippen LogP contribution in [0.25, 0.3) is 11.4 Å². The van der Waals surface area contributed by atoms with E-state index in [4.69, 9.17) is 5.84 Å². The lowest BCUT2D eigenvalue weighted by Gasteiger charge is -2.07. The second-order valence-electron chi connectivity index (χ2n) is 5.82. The molecule has 0 aliphatic carbocycles. The van der Waals surface area contributed by atoms with Crippen LogP contribution in [0.5, 0.6) is 5.75 Å². The second-order valence-corrected chi connectivity index (χ2v) is 7.82. The predicted octanol–water partition coefficient (Wildman–Crippen LogP) is 4.31. The lowest BCUT2D eigenvalue weighted by Crippen LogP contribution is -2.16. The van der Waals surface area contributed by atoms with E-state index in [2.05, 4.69) is 20.3 Å². The molecule has 3 rings (SSSR count). The molecule has 0 radical (unpaired) electrons. The van der Waals surface area contributed by atoms with Crippen molar-refractivity contribution < 1.29 is 27.1 Å². The Morgan fingerprint density at radius 1 is 1.06 bits per heavy atom. The fourth-order valence-electron chi connectivity index (χ4n) is 2.40. The number of aromatic nitrogens is 3. The summed E-state index contributed by atoms with van der Waals surface area (Å²) in [5, 5.41) is 10.8. The summed E-state index contributed by atoms with van der Waals surface area (Å²) in [7, 11) is 0. The smallest absolute Gasteiger partial charge is 0.387 e. The summed E-state index contributed by atoms with van der Waals surface area (Å²) >= 11 is 1.45. The van der Waals surface area contributed by atoms with Gasteiger partial charge in [0.05, 0.1) is 5.75 Å². The maximum atomic E-state index is 12.3. The van der Waals surface area contributed by atoms with Crippen molar-refractivity contribution in [3.05, 3.63) is 48.5 Å². The number of benzene rings is 2. The Balaban J connectivity index is 1.56. The monoisotopic (exact) mass is 473 g/mol. The van der Waals surface area contributed by atoms with E-state index in [0.717, 1.165) is 11.8 Å². The minimum atomic E-state index is -2.92. The number of nitrogens with zero attached hydrogens (tertiary/aromatic N) is 3. The first kappa shape index (κ1) is 22.7. The van der Waals surface area contributed by atoms with Crippen LogP contribution in [0.2, 0.25) is 0 Å². The van der Waals surface area contributed by atoms with Crippen molar-refractivity contribution in [3.8, 4) is 17.1 Å². The number of carbonyl (C=O) groups excluding carboxylic acids is 1. The molecule has 0 bridgehead atoms. The Labute approximate surface area is 182 Å². The van der Waals surface area contributed by atoms with Crippen molar-refractivity contribution in [2.24, 2.45) is 0 Å². The van der Waals surface area contributed by atoms with Gasteiger partial charge in [-0.3, -0.25) is 4.79 Å². The van der Waals surface area contributed by atoms with Crippen LogP contribution < -0.4 is 15.9 Å². The standard InChI is InChI=1S/C18H15F4N5O2S2/c19-16(20)29-12-5-1-10(2-6-12)15-25-26-18(27(15)23)30-9-14(28)24-11-3-7-13(8-4-11)31-17(21)22/h1-8,16-17H,9,23H2,(H,24,28). The molecule has 1 amide bonds. The highest BCUT2D eigenvalue weighted by molar-refractivity contribution is 8.00. The Morgan fingerprint density at radius 2 is 1.74 bits per heavy atom. The lowest BCUT2D eigenvalue weighted by atomic mass is 10.2. The quantitative estimate of drug-likeness (QED) is 0.272. The molecule has 3 N–H and O–H groups in total. The Bertz CT molecular complexity index is 1020. The van der Waals surface area contributed by atoms with Crippen LogP contribution in [0.3, 0.4) is 0 Å². The molecule has 0 saturated heterocycles. The minimum absolute atomic E-state index is 0.00561. The van der Waals surface area contributed by atoms with Crippen LogP contribution in [0.1, 0.15) is 0 Å². The van der Waals surface area contributed by atoms with Gasteiger partial charge >= 0.3 is 6.61 Å². The fraction of sp³-hybridized carbons (Fsp3) is 0.167. The molecule has 0 spiro atoms. The van der Waals surface area contributed by atoms with Gasteiger partial charge in [0.1, 0.15) is 5.75 Å². The number of hydrogen-bond donors (Lipinski definition) is 2. The van der Waals surface area contributed by atoms with Gasteiger partial charge in [-0.1, -0.05) is 23.5 Å². The van der Waals surface area contributed by atoms with Crippen molar-refractivity contribution in [1.29, 1.82) is 0 Å². The predicted molar refractivity (Wildman–Crippen MR) is 110 cm³/mol. The number of thioether (sulfide) groups is 2. The highest BCUT2D eigenvalue weighted by atomic mass is 32.2. The van der Waals surface area contributed by atoms with E-state index in [1.807, 2.05) is 0 Å². The molecule has 0 atom stereocenters. The van der Waals surface area contributed by atoms with Crippen molar-refractivity contribution in [3.63, 3.8) is 0 Å². The average molecular weight is 473 g/mol. The topological polar surface area (TPSA) is 95.1 Å². The first-order chi connectivity index (χ1) is 14.8. The molecule has 0 saturated carbocycles. The average Bonchev–Trinajstić information content (AvgIpc) is 3.08. The number of amides is 1. The maximum Gasteiger partial charge on any atom is 0.387 e. The molecule has 2 aromatic carbocycles. The van der Waals surface area contributed by atoms with Gasteiger partial charge < -0.3 is 15.9 Å². The molecule has 1 heterocycles. The van der Waals surface area contributed by atoms with Crippen LogP contribution in [0.15, 0.2) is 58.6 Å². The highest BCUT2D eigenvalue weighted by Crippen LogP contribution is 2.27. The molecule has 31 heavy (non-hydrogen) atoms. The van der Waals surface area contributed by atoms with Gasteiger partial charge in [-0.2, -0.15) is 17.6 Å². The molecular formula is C18H15F4N5O2S2. The van der Waals surface area contributed by atoms with Gasteiger partial charge in [0.15, 0.2) is 5.82 Å². The summed E-state index contributed by atoms with van der Waals surface area (Å²) in [6, 6.07) is 11.7. The summed E-state index contributed by atoms with van der Waals surface area (Å²) < 4.78 is 54.6. The van der Waals surface area contributed by atoms with Gasteiger partial charge in [0.2, 0.25) is 11.1 Å². The SMILES string of the molecule is Nn1c(SCC(=O)Nc2ccc(SC(F)F)cc2)nnc1-c1ccc(OC(F)F)cc1. The van der Waals surface area contributed by atoms with Gasteiger partial charge in [0, 0.05) is 16.1 Å². The number of anilines is 1. The van der Waals surface area contributed by atoms with Gasteiger partial charge in [-0.25, -0.2) is 4.68 Å². The molecule has 13 heteroatoms. The van der Waals surface area contributed by atoms with E-state index in [9.17, 15) is 22.4 Å². The van der Waals surface area contributed by atoms with E-state index in [-0.39, 0.29) is 28.4 Å². The Kier molecular flexibility index (Phi) is 7.63. The number of alkyl halides is 4. The molecule has 0 unspecified atom stereocenters. The Hall–Kier alpha value is -2.93. The third-order valence-corrected chi connectivity index (χ3v) is 5.36. The van der Waals surface area contributed by atoms with Gasteiger partial charge in [0.25, 0.3) is 5.76 Å². The van der Waals surface area contributed by atoms with Crippen LogP contribution >= 0.6 is 23.5 Å². The molecule has 3 aromatic rings. The van der Waals surface area contributed by atoms with E-state index in [1.54, 1.807) is 0 Å². The zero-order chi connectivity index (χ0) is 22.4. The van der Waals surface area contributed by atoms with Crippen molar-refractivity contribution in [2.75, 3.05) is 16.9 Å². The first-order valence-electron chi connectivity index (χ1n) is 8.55. The number of carbonyl (C=O) groups is 1. The number of nitrogen functional groups attached to an aromatic ring is 1. The van der Waals surface area contributed by atoms with Crippen LogP contribution in [-0.2, 0) is 4.79 Å². The number of rotatable bonds is 9. The number of nitrogens with two attached hydrogens (primary N) is 1. The zero-order valence-corrected chi connectivity index (χ0v) is 17.2. The van der Waals surface area contributed by atoms with E-state index < -0.39 is 12.4 Å². The van der Waals surface area contributed by atoms with E-state index >= 15 is 0 Å². The maximum absolute atomic E-state index is 12.3. The molecular weight excluding hydrogens is 458 g/mol. The zero-order valence-electron chi connectivity index (χ0n) is 15.5. The van der Waals surface area contributed by atoms with Crippen molar-refractivity contribution in [1.82, 2.24) is 14.9 Å². The first-order valence-corrected chi connectivity index (χ1v) is 10.4. The highest BCUT2D eigenvalue weighted by Gasteiger charge is 2.15. The summed E-state index contributed by atoms with van der Waals surface area (Å²) in [4.78, 5) is 12.5. The fourth-order valence-corrected chi connectivity index (χ4v) is 3.56. The summed E-state index contributed by atoms with van der Waals surface area (Å²) in [5.74, 6) is 3.36. The molecule has 0 aliphatic heterocycles. The van der Waals surface area contributed by atoms with E-state index in [0.29, 0.717) is 27.9 Å². The third-order valence-electron chi connectivity index (χ3n) is 3.70. The summed E-state index contributed by atoms with van der Waals surface area (Å²) in [6.07, 6.45) is 0. The molecule has 0 fully saturated rings. The van der Waals surface area contributed by atoms with Gasteiger partial charge in [-0.05, 0) is 48.5 Å². The van der Waals surface area contributed by atoms with Crippen LogP contribution in [0.4, 0.5) is 23.2 Å². The molecule has 0 aliphatic rings. The largest absolute Gasteiger partial charge is 0.435 e. The number of hydrogen-bond acceptors (Lipinski definition) is 7. The van der Waals surface area contributed by atoms with Crippen LogP contribution in [-0.4, -0.2) is 38.9 Å². The number of ether oxygens (including phenoxy) is 1. The number of nitrogens with one attached hydrogen (secondary N) is 1. The van der Waals surface area contributed by atoms with E-state index in [1.165, 1.54) is 53.2 Å². The van der Waals surface area contributed by atoms with Gasteiger partial charge in [-0.15, -0.1) is 10.2 Å². The van der Waals surface area contributed by atoms with Crippen LogP contribution in [0, 0.1) is 0 Å². The second kappa shape index (κ2) is 10.4. The van der Waals surface area contributed by atoms with Crippen molar-refractivity contribution >= 4 is 35.1 Å². The third kappa shape index (κ3) is 6.52. The lowest BCUT2D eigenvalue weighted by molar-refractivity contribution is -0.113. The summed E-state index contributed by atoms with van der Waals surface area (Å²) in [6.45, 7) is -2.92. The normalized spacial score (nSPS) is 11.2. The molecule has 164 valence electrons.